The summed E-state index contributed by atoms with van der Waals surface area (Å²) >= 11 is 3.01. The van der Waals surface area contributed by atoms with E-state index in [0.717, 1.165) is 6.07 Å². The largest absolute Gasteiger partial charge is 0.298 e. The summed E-state index contributed by atoms with van der Waals surface area (Å²) in [6, 6.07) is 2.62. The molecule has 0 aromatic heterocycles. The van der Waals surface area contributed by atoms with Gasteiger partial charge in [-0.2, -0.15) is 8.42 Å². The smallest absolute Gasteiger partial charge is 0.271 e. The molecule has 0 spiro atoms. The molecule has 7 heteroatoms. The number of rotatable bonds is 3. The minimum atomic E-state index is -3.61. The third-order valence-corrected chi connectivity index (χ3v) is 3.41. The lowest BCUT2D eigenvalue weighted by Crippen LogP contribution is -2.26. The summed E-state index contributed by atoms with van der Waals surface area (Å²) in [5, 5.41) is 0. The fourth-order valence-electron chi connectivity index (χ4n) is 0.952. The van der Waals surface area contributed by atoms with Gasteiger partial charge >= 0.3 is 0 Å². The van der Waals surface area contributed by atoms with Gasteiger partial charge in [0.25, 0.3) is 10.2 Å². The van der Waals surface area contributed by atoms with Crippen LogP contribution in [0.3, 0.4) is 0 Å². The molecule has 0 aliphatic rings. The monoisotopic (exact) mass is 296 g/mol. The summed E-state index contributed by atoms with van der Waals surface area (Å²) in [5.74, 6) is -0.519. The van der Waals surface area contributed by atoms with Crippen molar-refractivity contribution < 1.29 is 12.8 Å². The van der Waals surface area contributed by atoms with Gasteiger partial charge in [-0.05, 0) is 40.5 Å². The highest BCUT2D eigenvalue weighted by Crippen LogP contribution is 2.24. The highest BCUT2D eigenvalue weighted by molar-refractivity contribution is 9.10. The quantitative estimate of drug-likeness (QED) is 0.893. The van der Waals surface area contributed by atoms with E-state index in [0.29, 0.717) is 10.0 Å². The van der Waals surface area contributed by atoms with Gasteiger partial charge < -0.3 is 0 Å². The average Bonchev–Trinajstić information content (AvgIpc) is 2.14. The fraction of sp³-hybridized carbons (Fsp3) is 0.250. The van der Waals surface area contributed by atoms with E-state index < -0.39 is 16.0 Å². The van der Waals surface area contributed by atoms with Gasteiger partial charge in [-0.25, -0.2) is 9.11 Å². The second kappa shape index (κ2) is 4.46. The number of halogens is 2. The molecule has 2 N–H and O–H groups in total. The number of hydrogen-bond donors (Lipinski definition) is 2. The molecule has 0 aliphatic carbocycles. The molecule has 84 valence electrons. The van der Waals surface area contributed by atoms with Crippen molar-refractivity contribution in [3.8, 4) is 0 Å². The van der Waals surface area contributed by atoms with Crippen molar-refractivity contribution >= 4 is 31.8 Å². The number of nitrogens with one attached hydrogen (secondary N) is 2. The van der Waals surface area contributed by atoms with Gasteiger partial charge in [0.15, 0.2) is 0 Å². The Bertz CT molecular complexity index is 476. The molecule has 0 aliphatic heterocycles. The molecule has 0 bridgehead atoms. The van der Waals surface area contributed by atoms with Crippen molar-refractivity contribution in [1.29, 1.82) is 0 Å². The molecule has 0 saturated carbocycles. The second-order valence-electron chi connectivity index (χ2n) is 2.89. The number of hydrogen-bond acceptors (Lipinski definition) is 2. The van der Waals surface area contributed by atoms with E-state index in [9.17, 15) is 12.8 Å². The van der Waals surface area contributed by atoms with Crippen molar-refractivity contribution in [2.24, 2.45) is 0 Å². The Labute approximate surface area is 96.2 Å². The zero-order chi connectivity index (χ0) is 11.6. The molecule has 1 aromatic rings. The van der Waals surface area contributed by atoms with Gasteiger partial charge in [0.05, 0.1) is 10.2 Å². The lowest BCUT2D eigenvalue weighted by atomic mass is 10.2. The van der Waals surface area contributed by atoms with Gasteiger partial charge in [-0.3, -0.25) is 4.72 Å². The first-order valence-electron chi connectivity index (χ1n) is 4.02. The van der Waals surface area contributed by atoms with Crippen LogP contribution in [0.1, 0.15) is 5.56 Å². The van der Waals surface area contributed by atoms with Crippen LogP contribution in [-0.4, -0.2) is 15.5 Å². The number of benzene rings is 1. The van der Waals surface area contributed by atoms with Crippen LogP contribution in [0.2, 0.25) is 0 Å². The summed E-state index contributed by atoms with van der Waals surface area (Å²) in [7, 11) is -2.34. The summed E-state index contributed by atoms with van der Waals surface area (Å²) in [4.78, 5) is 0. The van der Waals surface area contributed by atoms with E-state index in [1.54, 1.807) is 6.92 Å². The Hall–Kier alpha value is -0.660. The van der Waals surface area contributed by atoms with Gasteiger partial charge in [0.1, 0.15) is 5.82 Å². The Balaban J connectivity index is 3.12. The van der Waals surface area contributed by atoms with Crippen LogP contribution in [0.5, 0.6) is 0 Å². The Morgan fingerprint density at radius 2 is 2.00 bits per heavy atom. The summed E-state index contributed by atoms with van der Waals surface area (Å²) in [5.41, 5.74) is 0.840. The van der Waals surface area contributed by atoms with Gasteiger partial charge in [0, 0.05) is 7.05 Å². The van der Waals surface area contributed by atoms with Gasteiger partial charge in [0.2, 0.25) is 0 Å². The lowest BCUT2D eigenvalue weighted by Gasteiger charge is -2.10. The zero-order valence-electron chi connectivity index (χ0n) is 8.14. The first-order valence-corrected chi connectivity index (χ1v) is 6.30. The molecular weight excluding hydrogens is 287 g/mol. The normalized spacial score (nSPS) is 11.5. The van der Waals surface area contributed by atoms with Crippen LogP contribution in [0.4, 0.5) is 10.1 Å². The molecule has 0 atom stereocenters. The molecule has 4 nitrogen and oxygen atoms in total. The standard InChI is InChI=1S/C8H10BrFN2O2S/c1-5-3-6(9)7(10)4-8(5)12-15(13,14)11-2/h3-4,11-12H,1-2H3. The molecule has 0 heterocycles. The SMILES string of the molecule is CNS(=O)(=O)Nc1cc(F)c(Br)cc1C. The Morgan fingerprint density at radius 1 is 1.40 bits per heavy atom. The number of aryl methyl sites for hydroxylation is 1. The molecule has 0 fully saturated rings. The minimum Gasteiger partial charge on any atom is -0.271 e. The van der Waals surface area contributed by atoms with E-state index in [1.807, 2.05) is 0 Å². The zero-order valence-corrected chi connectivity index (χ0v) is 10.5. The van der Waals surface area contributed by atoms with Crippen LogP contribution in [-0.2, 0) is 10.2 Å². The maximum Gasteiger partial charge on any atom is 0.298 e. The molecule has 1 rings (SSSR count). The topological polar surface area (TPSA) is 58.2 Å². The molecule has 1 aromatic carbocycles. The summed E-state index contributed by atoms with van der Waals surface area (Å²) < 4.78 is 40.0. The van der Waals surface area contributed by atoms with Crippen molar-refractivity contribution in [1.82, 2.24) is 4.72 Å². The Morgan fingerprint density at radius 3 is 2.53 bits per heavy atom. The van der Waals surface area contributed by atoms with Crippen LogP contribution in [0.25, 0.3) is 0 Å². The first kappa shape index (κ1) is 12.4. The van der Waals surface area contributed by atoms with E-state index in [-0.39, 0.29) is 5.69 Å². The molecular formula is C8H10BrFN2O2S. The molecule has 0 radical (unpaired) electrons. The minimum absolute atomic E-state index is 0.213. The van der Waals surface area contributed by atoms with Crippen molar-refractivity contribution in [2.75, 3.05) is 11.8 Å². The maximum absolute atomic E-state index is 13.1. The predicted octanol–water partition coefficient (Wildman–Crippen LogP) is 1.77. The van der Waals surface area contributed by atoms with E-state index >= 15 is 0 Å². The predicted molar refractivity (Wildman–Crippen MR) is 60.4 cm³/mol. The lowest BCUT2D eigenvalue weighted by molar-refractivity contribution is 0.593. The van der Waals surface area contributed by atoms with E-state index in [4.69, 9.17) is 0 Å². The Kier molecular flexibility index (Phi) is 3.69. The fourth-order valence-corrected chi connectivity index (χ4v) is 2.02. The van der Waals surface area contributed by atoms with Gasteiger partial charge in [-0.15, -0.1) is 0 Å². The second-order valence-corrected chi connectivity index (χ2v) is 5.36. The number of anilines is 1. The van der Waals surface area contributed by atoms with Crippen LogP contribution in [0.15, 0.2) is 16.6 Å². The van der Waals surface area contributed by atoms with Crippen molar-refractivity contribution in [3.63, 3.8) is 0 Å². The third kappa shape index (κ3) is 3.15. The highest BCUT2D eigenvalue weighted by atomic mass is 79.9. The van der Waals surface area contributed by atoms with E-state index in [2.05, 4.69) is 25.4 Å². The van der Waals surface area contributed by atoms with E-state index in [1.165, 1.54) is 13.1 Å². The van der Waals surface area contributed by atoms with Crippen LogP contribution in [0, 0.1) is 12.7 Å². The molecule has 0 saturated heterocycles. The maximum atomic E-state index is 13.1. The average molecular weight is 297 g/mol. The van der Waals surface area contributed by atoms with Crippen LogP contribution >= 0.6 is 15.9 Å². The molecule has 0 unspecified atom stereocenters. The molecule has 15 heavy (non-hydrogen) atoms. The highest BCUT2D eigenvalue weighted by Gasteiger charge is 2.11. The first-order chi connectivity index (χ1) is 6.85. The third-order valence-electron chi connectivity index (χ3n) is 1.78. The van der Waals surface area contributed by atoms with Gasteiger partial charge in [-0.1, -0.05) is 0 Å². The summed E-state index contributed by atoms with van der Waals surface area (Å²) in [6.45, 7) is 1.68. The van der Waals surface area contributed by atoms with Crippen LogP contribution < -0.4 is 9.44 Å². The summed E-state index contributed by atoms with van der Waals surface area (Å²) in [6.07, 6.45) is 0. The molecule has 0 amide bonds. The van der Waals surface area contributed by atoms with Crippen molar-refractivity contribution in [2.45, 2.75) is 6.92 Å². The van der Waals surface area contributed by atoms with Crippen molar-refractivity contribution in [3.05, 3.63) is 28.0 Å².